The minimum absolute atomic E-state index is 0. The van der Waals surface area contributed by atoms with E-state index in [0.717, 1.165) is 17.4 Å². The maximum absolute atomic E-state index is 11.1. The topological polar surface area (TPSA) is 30.2 Å². The molecule has 1 aromatic carbocycles. The first-order valence-electron chi connectivity index (χ1n) is 4.74. The van der Waals surface area contributed by atoms with E-state index < -0.39 is 0 Å². The fourth-order valence-corrected chi connectivity index (χ4v) is 1.59. The molecule has 0 amide bonds. The summed E-state index contributed by atoms with van der Waals surface area (Å²) in [6.45, 7) is 4.04. The first-order chi connectivity index (χ1) is 6.70. The Balaban J connectivity index is 0.00000112. The third-order valence-electron chi connectivity index (χ3n) is 2.42. The molecule has 2 nitrogen and oxygen atoms in total. The van der Waals surface area contributed by atoms with Crippen LogP contribution < -0.4 is 5.63 Å². The molecule has 0 aliphatic rings. The zero-order valence-corrected chi connectivity index (χ0v) is 8.33. The lowest BCUT2D eigenvalue weighted by atomic mass is 10.1. The van der Waals surface area contributed by atoms with Crippen LogP contribution in [0.25, 0.3) is 11.0 Å². The quantitative estimate of drug-likeness (QED) is 0.647. The van der Waals surface area contributed by atoms with Crippen molar-refractivity contribution in [3.05, 3.63) is 45.8 Å². The van der Waals surface area contributed by atoms with Crippen molar-refractivity contribution in [2.75, 3.05) is 0 Å². The molecule has 2 heteroatoms. The molecule has 1 aromatic heterocycles. The second kappa shape index (κ2) is 3.29. The summed E-state index contributed by atoms with van der Waals surface area (Å²) in [6.07, 6.45) is 0.995. The van der Waals surface area contributed by atoms with Crippen molar-refractivity contribution >= 4 is 11.0 Å². The van der Waals surface area contributed by atoms with Crippen LogP contribution in [-0.4, -0.2) is 0 Å². The van der Waals surface area contributed by atoms with Crippen LogP contribution >= 0.6 is 0 Å². The summed E-state index contributed by atoms with van der Waals surface area (Å²) in [5, 5.41) is 1.03. The Morgan fingerprint density at radius 2 is 2.14 bits per heavy atom. The summed E-state index contributed by atoms with van der Waals surface area (Å²) in [5.41, 5.74) is 2.63. The highest BCUT2D eigenvalue weighted by atomic mass is 16.4. The largest absolute Gasteiger partial charge is 0.423 e. The fourth-order valence-electron chi connectivity index (χ4n) is 1.59. The van der Waals surface area contributed by atoms with Crippen molar-refractivity contribution in [3.63, 3.8) is 0 Å². The molecule has 0 aliphatic heterocycles. The van der Waals surface area contributed by atoms with E-state index in [4.69, 9.17) is 4.42 Å². The lowest BCUT2D eigenvalue weighted by Gasteiger charge is -2.02. The Morgan fingerprint density at radius 1 is 1.36 bits per heavy atom. The van der Waals surface area contributed by atoms with Gasteiger partial charge in [0.15, 0.2) is 0 Å². The summed E-state index contributed by atoms with van der Waals surface area (Å²) in [6, 6.07) is 7.46. The third kappa shape index (κ3) is 1.43. The lowest BCUT2D eigenvalue weighted by Crippen LogP contribution is -1.97. The monoisotopic (exact) mass is 190 g/mol. The number of hydrogen-bond acceptors (Lipinski definition) is 2. The van der Waals surface area contributed by atoms with Gasteiger partial charge in [-0.05, 0) is 36.6 Å². The van der Waals surface area contributed by atoms with E-state index in [1.165, 1.54) is 11.6 Å². The summed E-state index contributed by atoms with van der Waals surface area (Å²) >= 11 is 0. The maximum atomic E-state index is 11.1. The predicted molar refractivity (Wildman–Crippen MR) is 58.7 cm³/mol. The van der Waals surface area contributed by atoms with E-state index in [2.05, 4.69) is 13.0 Å². The van der Waals surface area contributed by atoms with Gasteiger partial charge in [0.1, 0.15) is 5.58 Å². The van der Waals surface area contributed by atoms with Gasteiger partial charge in [0.05, 0.1) is 0 Å². The van der Waals surface area contributed by atoms with Gasteiger partial charge in [-0.25, -0.2) is 4.79 Å². The second-order valence-electron chi connectivity index (χ2n) is 3.43. The average molecular weight is 190 g/mol. The fraction of sp³-hybridized carbons (Fsp3) is 0.250. The minimum Gasteiger partial charge on any atom is -0.423 e. The highest BCUT2D eigenvalue weighted by Gasteiger charge is 2.01. The van der Waals surface area contributed by atoms with Gasteiger partial charge in [-0.15, -0.1) is 0 Å². The van der Waals surface area contributed by atoms with Crippen molar-refractivity contribution in [2.45, 2.75) is 20.3 Å². The van der Waals surface area contributed by atoms with E-state index in [-0.39, 0.29) is 7.05 Å². The molecule has 0 radical (unpaired) electrons. The molecule has 0 aliphatic carbocycles. The van der Waals surface area contributed by atoms with Crippen molar-refractivity contribution in [3.8, 4) is 0 Å². The van der Waals surface area contributed by atoms with Gasteiger partial charge in [-0.2, -0.15) is 0 Å². The zero-order chi connectivity index (χ0) is 10.1. The SMILES string of the molecule is CCc1ccc2oc(=O)cc(C)c2c1.[HH]. The summed E-state index contributed by atoms with van der Waals surface area (Å²) in [4.78, 5) is 11.1. The number of hydrogen-bond donors (Lipinski definition) is 0. The van der Waals surface area contributed by atoms with Crippen molar-refractivity contribution in [1.82, 2.24) is 0 Å². The van der Waals surface area contributed by atoms with Crippen LogP contribution in [0.1, 0.15) is 19.5 Å². The van der Waals surface area contributed by atoms with Crippen LogP contribution in [0, 0.1) is 6.92 Å². The van der Waals surface area contributed by atoms with Crippen LogP contribution in [0.4, 0.5) is 0 Å². The highest BCUT2D eigenvalue weighted by Crippen LogP contribution is 2.18. The number of benzene rings is 1. The van der Waals surface area contributed by atoms with E-state index in [1.807, 2.05) is 19.1 Å². The maximum Gasteiger partial charge on any atom is 0.336 e. The minimum atomic E-state index is -0.278. The molecule has 74 valence electrons. The predicted octanol–water partition coefficient (Wildman–Crippen LogP) is 2.91. The molecule has 0 N–H and O–H groups in total. The molecule has 0 atom stereocenters. The Bertz CT molecular complexity index is 529. The summed E-state index contributed by atoms with van der Waals surface area (Å²) in [5.74, 6) is 0. The Kier molecular flexibility index (Phi) is 2.12. The van der Waals surface area contributed by atoms with Crippen LogP contribution in [0.5, 0.6) is 0 Å². The Labute approximate surface area is 83.7 Å². The molecule has 0 saturated heterocycles. The van der Waals surface area contributed by atoms with Crippen LogP contribution in [-0.2, 0) is 6.42 Å². The Hall–Kier alpha value is -1.57. The van der Waals surface area contributed by atoms with E-state index >= 15 is 0 Å². The van der Waals surface area contributed by atoms with Gasteiger partial charge in [0.2, 0.25) is 0 Å². The van der Waals surface area contributed by atoms with Gasteiger partial charge < -0.3 is 4.42 Å². The molecular weight excluding hydrogens is 176 g/mol. The summed E-state index contributed by atoms with van der Waals surface area (Å²) in [7, 11) is 0. The molecule has 0 fully saturated rings. The molecule has 0 unspecified atom stereocenters. The number of aryl methyl sites for hydroxylation is 2. The van der Waals surface area contributed by atoms with Crippen LogP contribution in [0.3, 0.4) is 0 Å². The molecule has 2 aromatic rings. The number of rotatable bonds is 1. The molecule has 0 spiro atoms. The van der Waals surface area contributed by atoms with Crippen LogP contribution in [0.15, 0.2) is 33.5 Å². The molecule has 1 heterocycles. The van der Waals surface area contributed by atoms with Crippen LogP contribution in [0.2, 0.25) is 0 Å². The normalized spacial score (nSPS) is 10.7. The van der Waals surface area contributed by atoms with Gasteiger partial charge in [0.25, 0.3) is 0 Å². The van der Waals surface area contributed by atoms with Gasteiger partial charge in [0, 0.05) is 12.9 Å². The molecule has 14 heavy (non-hydrogen) atoms. The molecular formula is C12H14O2. The Morgan fingerprint density at radius 3 is 2.86 bits per heavy atom. The number of fused-ring (bicyclic) bond motifs is 1. The van der Waals surface area contributed by atoms with Gasteiger partial charge in [-0.1, -0.05) is 13.0 Å². The van der Waals surface area contributed by atoms with Crippen molar-refractivity contribution < 1.29 is 5.84 Å². The smallest absolute Gasteiger partial charge is 0.336 e. The van der Waals surface area contributed by atoms with Gasteiger partial charge in [-0.3, -0.25) is 0 Å². The molecule has 2 rings (SSSR count). The standard InChI is InChI=1S/C12H12O2.H2/c1-3-9-4-5-11-10(7-9)8(2)6-12(13)14-11;/h4-7H,3H2,1-2H3;1H. The average Bonchev–Trinajstić information content (AvgIpc) is 2.17. The second-order valence-corrected chi connectivity index (χ2v) is 3.43. The lowest BCUT2D eigenvalue weighted by molar-refractivity contribution is 0.560. The van der Waals surface area contributed by atoms with E-state index in [1.54, 1.807) is 0 Å². The van der Waals surface area contributed by atoms with E-state index in [0.29, 0.717) is 5.58 Å². The highest BCUT2D eigenvalue weighted by molar-refractivity contribution is 5.80. The van der Waals surface area contributed by atoms with Crippen molar-refractivity contribution in [1.29, 1.82) is 0 Å². The third-order valence-corrected chi connectivity index (χ3v) is 2.42. The van der Waals surface area contributed by atoms with Crippen molar-refractivity contribution in [2.24, 2.45) is 0 Å². The first-order valence-corrected chi connectivity index (χ1v) is 4.74. The first kappa shape index (κ1) is 9.00. The molecule has 0 saturated carbocycles. The van der Waals surface area contributed by atoms with Gasteiger partial charge >= 0.3 is 5.63 Å². The zero-order valence-electron chi connectivity index (χ0n) is 8.33. The molecule has 0 bridgehead atoms. The van der Waals surface area contributed by atoms with E-state index in [9.17, 15) is 4.79 Å². The summed E-state index contributed by atoms with van der Waals surface area (Å²) < 4.78 is 5.09.